The van der Waals surface area contributed by atoms with Crippen LogP contribution >= 0.6 is 11.3 Å². The number of carbonyl (C=O) groups excluding carboxylic acids is 1. The van der Waals surface area contributed by atoms with Crippen molar-refractivity contribution in [3.63, 3.8) is 0 Å². The van der Waals surface area contributed by atoms with Gasteiger partial charge in [-0.25, -0.2) is 9.78 Å². The van der Waals surface area contributed by atoms with Crippen LogP contribution in [0.4, 0.5) is 0 Å². The molecule has 0 saturated carbocycles. The SMILES string of the molecule is COc1ccc(-c2csc(-c3ccc(CNC(=O)CCn4ccc(=O)[nH]c4=O)cc3)n2)cc1OC. The molecule has 0 bridgehead atoms. The van der Waals surface area contributed by atoms with Gasteiger partial charge in [0.1, 0.15) is 5.01 Å². The molecule has 0 aliphatic rings. The number of benzene rings is 2. The van der Waals surface area contributed by atoms with Crippen molar-refractivity contribution in [3.05, 3.63) is 86.5 Å². The highest BCUT2D eigenvalue weighted by molar-refractivity contribution is 7.13. The lowest BCUT2D eigenvalue weighted by Gasteiger charge is -2.08. The van der Waals surface area contributed by atoms with Crippen LogP contribution in [0.3, 0.4) is 0 Å². The van der Waals surface area contributed by atoms with Gasteiger partial charge in [0, 0.05) is 48.3 Å². The van der Waals surface area contributed by atoms with Crippen molar-refractivity contribution >= 4 is 17.2 Å². The molecule has 9 nitrogen and oxygen atoms in total. The molecule has 2 N–H and O–H groups in total. The minimum Gasteiger partial charge on any atom is -0.493 e. The van der Waals surface area contributed by atoms with Crippen LogP contribution in [0, 0.1) is 0 Å². The first-order valence-electron chi connectivity index (χ1n) is 10.8. The van der Waals surface area contributed by atoms with E-state index in [9.17, 15) is 14.4 Å². The third-order valence-corrected chi connectivity index (χ3v) is 6.24. The molecule has 2 aromatic heterocycles. The first kappa shape index (κ1) is 24.0. The van der Waals surface area contributed by atoms with E-state index in [1.165, 1.54) is 16.8 Å². The molecule has 0 fully saturated rings. The van der Waals surface area contributed by atoms with Crippen LogP contribution in [-0.2, 0) is 17.9 Å². The molecule has 2 aromatic carbocycles. The maximum Gasteiger partial charge on any atom is 0.328 e. The Kier molecular flexibility index (Phi) is 7.41. The summed E-state index contributed by atoms with van der Waals surface area (Å²) in [6.07, 6.45) is 1.50. The topological polar surface area (TPSA) is 115 Å². The molecule has 0 aliphatic carbocycles. The minimum absolute atomic E-state index is 0.127. The van der Waals surface area contributed by atoms with Gasteiger partial charge in [0.05, 0.1) is 19.9 Å². The van der Waals surface area contributed by atoms with Crippen molar-refractivity contribution in [1.29, 1.82) is 0 Å². The second kappa shape index (κ2) is 10.8. The normalized spacial score (nSPS) is 10.7. The summed E-state index contributed by atoms with van der Waals surface area (Å²) in [5.41, 5.74) is 2.72. The molecule has 4 aromatic rings. The monoisotopic (exact) mass is 492 g/mol. The molecule has 0 unspecified atom stereocenters. The Labute approximate surface area is 205 Å². The minimum atomic E-state index is -0.530. The number of methoxy groups -OCH3 is 2. The maximum atomic E-state index is 12.2. The molecule has 0 saturated heterocycles. The van der Waals surface area contributed by atoms with Crippen molar-refractivity contribution in [2.45, 2.75) is 19.5 Å². The predicted molar refractivity (Wildman–Crippen MR) is 134 cm³/mol. The van der Waals surface area contributed by atoms with Crippen LogP contribution in [0.5, 0.6) is 11.5 Å². The van der Waals surface area contributed by atoms with E-state index in [1.807, 2.05) is 47.8 Å². The van der Waals surface area contributed by atoms with E-state index in [1.54, 1.807) is 25.6 Å². The highest BCUT2D eigenvalue weighted by Gasteiger charge is 2.11. The lowest BCUT2D eigenvalue weighted by molar-refractivity contribution is -0.121. The Morgan fingerprint density at radius 1 is 1.03 bits per heavy atom. The molecule has 10 heteroatoms. The number of hydrogen-bond acceptors (Lipinski definition) is 7. The molecule has 0 atom stereocenters. The zero-order valence-electron chi connectivity index (χ0n) is 19.2. The van der Waals surface area contributed by atoms with Gasteiger partial charge < -0.3 is 19.4 Å². The van der Waals surface area contributed by atoms with E-state index in [4.69, 9.17) is 14.5 Å². The second-order valence-corrected chi connectivity index (χ2v) is 8.49. The average Bonchev–Trinajstić information content (AvgIpc) is 3.37. The number of aromatic amines is 1. The Morgan fingerprint density at radius 3 is 2.49 bits per heavy atom. The number of nitrogens with one attached hydrogen (secondary N) is 2. The zero-order chi connectivity index (χ0) is 24.8. The smallest absolute Gasteiger partial charge is 0.328 e. The summed E-state index contributed by atoms with van der Waals surface area (Å²) in [6.45, 7) is 0.557. The van der Waals surface area contributed by atoms with Gasteiger partial charge in [0.15, 0.2) is 11.5 Å². The molecule has 0 radical (unpaired) electrons. The van der Waals surface area contributed by atoms with E-state index < -0.39 is 11.2 Å². The third kappa shape index (κ3) is 5.85. The van der Waals surface area contributed by atoms with Gasteiger partial charge in [0.25, 0.3) is 5.56 Å². The number of amides is 1. The molecule has 180 valence electrons. The van der Waals surface area contributed by atoms with Crippen LogP contribution in [0.25, 0.3) is 21.8 Å². The van der Waals surface area contributed by atoms with Gasteiger partial charge >= 0.3 is 5.69 Å². The quantitative estimate of drug-likeness (QED) is 0.371. The van der Waals surface area contributed by atoms with E-state index in [-0.39, 0.29) is 18.9 Å². The number of ether oxygens (including phenoxy) is 2. The number of thiazole rings is 1. The first-order chi connectivity index (χ1) is 17.0. The molecule has 4 rings (SSSR count). The Hall–Kier alpha value is -4.18. The van der Waals surface area contributed by atoms with Crippen molar-refractivity contribution in [2.24, 2.45) is 0 Å². The average molecular weight is 493 g/mol. The molecule has 0 aliphatic heterocycles. The van der Waals surface area contributed by atoms with Gasteiger partial charge in [-0.3, -0.25) is 14.6 Å². The van der Waals surface area contributed by atoms with Gasteiger partial charge in [-0.1, -0.05) is 24.3 Å². The van der Waals surface area contributed by atoms with Crippen LogP contribution < -0.4 is 26.0 Å². The number of aromatic nitrogens is 3. The predicted octanol–water partition coefficient (Wildman–Crippen LogP) is 3.05. The first-order valence-corrected chi connectivity index (χ1v) is 11.7. The summed E-state index contributed by atoms with van der Waals surface area (Å²) in [5, 5.41) is 5.73. The Bertz CT molecular complexity index is 1440. The molecule has 35 heavy (non-hydrogen) atoms. The summed E-state index contributed by atoms with van der Waals surface area (Å²) >= 11 is 1.55. The standard InChI is InChI=1S/C25H24N4O5S/c1-33-20-8-7-18(13-21(20)34-2)19-15-35-24(27-19)17-5-3-16(4-6-17)14-26-22(30)9-11-29-12-10-23(31)28-25(29)32/h3-8,10,12-13,15H,9,11,14H2,1-2H3,(H,26,30)(H,28,31,32). The fraction of sp³-hybridized carbons (Fsp3) is 0.200. The fourth-order valence-corrected chi connectivity index (χ4v) is 4.27. The highest BCUT2D eigenvalue weighted by atomic mass is 32.1. The number of nitrogens with zero attached hydrogens (tertiary/aromatic N) is 2. The number of hydrogen-bond donors (Lipinski definition) is 2. The van der Waals surface area contributed by atoms with Gasteiger partial charge in [0.2, 0.25) is 5.91 Å². The van der Waals surface area contributed by atoms with Crippen molar-refractivity contribution < 1.29 is 14.3 Å². The molecular weight excluding hydrogens is 468 g/mol. The summed E-state index contributed by atoms with van der Waals surface area (Å²) in [4.78, 5) is 41.9. The molecule has 2 heterocycles. The highest BCUT2D eigenvalue weighted by Crippen LogP contribution is 2.34. The van der Waals surface area contributed by atoms with Crippen molar-refractivity contribution in [2.75, 3.05) is 14.2 Å². The number of rotatable bonds is 9. The second-order valence-electron chi connectivity index (χ2n) is 7.63. The van der Waals surface area contributed by atoms with Crippen LogP contribution in [0.2, 0.25) is 0 Å². The van der Waals surface area contributed by atoms with E-state index >= 15 is 0 Å². The van der Waals surface area contributed by atoms with Gasteiger partial charge in [-0.2, -0.15) is 0 Å². The Balaban J connectivity index is 1.34. The summed E-state index contributed by atoms with van der Waals surface area (Å²) in [7, 11) is 3.20. The lowest BCUT2D eigenvalue weighted by Crippen LogP contribution is -2.31. The van der Waals surface area contributed by atoms with Crippen LogP contribution in [0.1, 0.15) is 12.0 Å². The van der Waals surface area contributed by atoms with Gasteiger partial charge in [-0.15, -0.1) is 11.3 Å². The Morgan fingerprint density at radius 2 is 1.77 bits per heavy atom. The molecular formula is C25H24N4O5S. The maximum absolute atomic E-state index is 12.2. The van der Waals surface area contributed by atoms with Crippen LogP contribution in [0.15, 0.2) is 69.7 Å². The van der Waals surface area contributed by atoms with Crippen molar-refractivity contribution in [3.8, 4) is 33.3 Å². The van der Waals surface area contributed by atoms with Crippen molar-refractivity contribution in [1.82, 2.24) is 19.9 Å². The van der Waals surface area contributed by atoms with E-state index in [0.717, 1.165) is 27.4 Å². The van der Waals surface area contributed by atoms with E-state index in [0.29, 0.717) is 18.0 Å². The third-order valence-electron chi connectivity index (χ3n) is 5.35. The summed E-state index contributed by atoms with van der Waals surface area (Å²) in [5.74, 6) is 1.13. The summed E-state index contributed by atoms with van der Waals surface area (Å²) in [6, 6.07) is 14.8. The van der Waals surface area contributed by atoms with Crippen LogP contribution in [-0.4, -0.2) is 34.7 Å². The number of carbonyl (C=O) groups is 1. The fourth-order valence-electron chi connectivity index (χ4n) is 3.43. The lowest BCUT2D eigenvalue weighted by atomic mass is 10.1. The molecule has 1 amide bonds. The van der Waals surface area contributed by atoms with E-state index in [2.05, 4.69) is 10.3 Å². The van der Waals surface area contributed by atoms with Gasteiger partial charge in [-0.05, 0) is 23.8 Å². The number of aryl methyl sites for hydroxylation is 1. The number of H-pyrrole nitrogens is 1. The zero-order valence-corrected chi connectivity index (χ0v) is 20.1. The largest absolute Gasteiger partial charge is 0.493 e. The summed E-state index contributed by atoms with van der Waals surface area (Å²) < 4.78 is 12.0. The molecule has 0 spiro atoms.